The van der Waals surface area contributed by atoms with Gasteiger partial charge in [0.2, 0.25) is 0 Å². The molecule has 0 aromatic carbocycles. The summed E-state index contributed by atoms with van der Waals surface area (Å²) in [7, 11) is 0. The van der Waals surface area contributed by atoms with E-state index in [0.717, 1.165) is 25.0 Å². The van der Waals surface area contributed by atoms with Crippen LogP contribution in [-0.2, 0) is 4.74 Å². The molecule has 0 aromatic heterocycles. The highest BCUT2D eigenvalue weighted by atomic mass is 16.5. The van der Waals surface area contributed by atoms with Crippen LogP contribution in [0.2, 0.25) is 0 Å². The predicted molar refractivity (Wildman–Crippen MR) is 92.7 cm³/mol. The monoisotopic (exact) mass is 297 g/mol. The Labute approximate surface area is 133 Å². The Bertz CT molecular complexity index is 282. The van der Waals surface area contributed by atoms with E-state index in [0.29, 0.717) is 11.5 Å². The lowest BCUT2D eigenvalue weighted by Crippen LogP contribution is -2.48. The van der Waals surface area contributed by atoms with Gasteiger partial charge in [0, 0.05) is 19.2 Å². The van der Waals surface area contributed by atoms with Crippen molar-refractivity contribution in [1.29, 1.82) is 0 Å². The lowest BCUT2D eigenvalue weighted by Gasteiger charge is -2.44. The SMILES string of the molecule is CC(C)CCOC1(CNC(C)C)CCC(C(C)(C)C)CC1. The fraction of sp³-hybridized carbons (Fsp3) is 1.00. The summed E-state index contributed by atoms with van der Waals surface area (Å²) in [6.45, 7) is 18.1. The van der Waals surface area contributed by atoms with Crippen LogP contribution >= 0.6 is 0 Å². The molecule has 126 valence electrons. The van der Waals surface area contributed by atoms with E-state index in [4.69, 9.17) is 4.74 Å². The quantitative estimate of drug-likeness (QED) is 0.712. The molecule has 1 saturated carbocycles. The highest BCUT2D eigenvalue weighted by molar-refractivity contribution is 4.92. The number of nitrogens with one attached hydrogen (secondary N) is 1. The van der Waals surface area contributed by atoms with Gasteiger partial charge in [-0.25, -0.2) is 0 Å². The molecule has 2 nitrogen and oxygen atoms in total. The van der Waals surface area contributed by atoms with Crippen LogP contribution in [0.4, 0.5) is 0 Å². The Morgan fingerprint density at radius 1 is 1.10 bits per heavy atom. The standard InChI is InChI=1S/C19H39NO/c1-15(2)10-13-21-19(14-20-16(3)4)11-8-17(9-12-19)18(5,6)7/h15-17,20H,8-14H2,1-7H3. The summed E-state index contributed by atoms with van der Waals surface area (Å²) in [5.74, 6) is 1.57. The second-order valence-corrected chi connectivity index (χ2v) is 8.89. The molecule has 0 saturated heterocycles. The van der Waals surface area contributed by atoms with Crippen LogP contribution in [0.15, 0.2) is 0 Å². The predicted octanol–water partition coefficient (Wildman–Crippen LogP) is 5.02. The molecule has 1 aliphatic carbocycles. The summed E-state index contributed by atoms with van der Waals surface area (Å²) in [5, 5.41) is 3.62. The van der Waals surface area contributed by atoms with Crippen LogP contribution in [0.25, 0.3) is 0 Å². The van der Waals surface area contributed by atoms with Crippen LogP contribution < -0.4 is 5.32 Å². The Morgan fingerprint density at radius 2 is 1.67 bits per heavy atom. The fourth-order valence-corrected chi connectivity index (χ4v) is 3.28. The van der Waals surface area contributed by atoms with E-state index in [9.17, 15) is 0 Å². The van der Waals surface area contributed by atoms with E-state index >= 15 is 0 Å². The summed E-state index contributed by atoms with van der Waals surface area (Å²) >= 11 is 0. The zero-order valence-electron chi connectivity index (χ0n) is 15.6. The molecule has 0 radical (unpaired) electrons. The van der Waals surface area contributed by atoms with E-state index in [-0.39, 0.29) is 5.60 Å². The van der Waals surface area contributed by atoms with Crippen LogP contribution in [0, 0.1) is 17.3 Å². The van der Waals surface area contributed by atoms with Gasteiger partial charge in [0.05, 0.1) is 5.60 Å². The van der Waals surface area contributed by atoms with E-state index in [1.54, 1.807) is 0 Å². The third kappa shape index (κ3) is 6.69. The van der Waals surface area contributed by atoms with Crippen LogP contribution in [0.1, 0.15) is 80.6 Å². The average Bonchev–Trinajstić information content (AvgIpc) is 2.35. The van der Waals surface area contributed by atoms with Crippen LogP contribution in [-0.4, -0.2) is 24.8 Å². The molecule has 21 heavy (non-hydrogen) atoms. The fourth-order valence-electron chi connectivity index (χ4n) is 3.28. The highest BCUT2D eigenvalue weighted by Gasteiger charge is 2.39. The van der Waals surface area contributed by atoms with E-state index in [2.05, 4.69) is 53.8 Å². The summed E-state index contributed by atoms with van der Waals surface area (Å²) in [4.78, 5) is 0. The number of rotatable bonds is 7. The van der Waals surface area contributed by atoms with Gasteiger partial charge in [-0.2, -0.15) is 0 Å². The molecule has 0 aliphatic heterocycles. The topological polar surface area (TPSA) is 21.3 Å². The minimum absolute atomic E-state index is 0.0842. The van der Waals surface area contributed by atoms with Crippen molar-refractivity contribution in [2.45, 2.75) is 92.2 Å². The van der Waals surface area contributed by atoms with Crippen molar-refractivity contribution < 1.29 is 4.74 Å². The molecule has 1 fully saturated rings. The Balaban J connectivity index is 2.58. The summed E-state index contributed by atoms with van der Waals surface area (Å²) in [6.07, 6.45) is 6.22. The Kier molecular flexibility index (Phi) is 7.19. The van der Waals surface area contributed by atoms with Gasteiger partial charge in [-0.1, -0.05) is 48.5 Å². The van der Waals surface area contributed by atoms with Crippen molar-refractivity contribution in [1.82, 2.24) is 5.32 Å². The van der Waals surface area contributed by atoms with Crippen molar-refractivity contribution >= 4 is 0 Å². The van der Waals surface area contributed by atoms with Crippen molar-refractivity contribution in [3.8, 4) is 0 Å². The smallest absolute Gasteiger partial charge is 0.0806 e. The van der Waals surface area contributed by atoms with E-state index in [1.807, 2.05) is 0 Å². The van der Waals surface area contributed by atoms with Gasteiger partial charge < -0.3 is 10.1 Å². The molecular weight excluding hydrogens is 258 g/mol. The molecule has 2 heteroatoms. The second kappa shape index (κ2) is 7.97. The van der Waals surface area contributed by atoms with Gasteiger partial charge >= 0.3 is 0 Å². The maximum atomic E-state index is 6.43. The van der Waals surface area contributed by atoms with Crippen molar-refractivity contribution in [3.05, 3.63) is 0 Å². The highest BCUT2D eigenvalue weighted by Crippen LogP contribution is 2.42. The summed E-state index contributed by atoms with van der Waals surface area (Å²) in [6, 6.07) is 0.538. The van der Waals surface area contributed by atoms with E-state index < -0.39 is 0 Å². The number of hydrogen-bond donors (Lipinski definition) is 1. The van der Waals surface area contributed by atoms with Gasteiger partial charge in [-0.15, -0.1) is 0 Å². The maximum Gasteiger partial charge on any atom is 0.0806 e. The van der Waals surface area contributed by atoms with Crippen molar-refractivity contribution in [2.24, 2.45) is 17.3 Å². The first-order chi connectivity index (χ1) is 9.65. The zero-order valence-corrected chi connectivity index (χ0v) is 15.6. The van der Waals surface area contributed by atoms with Gasteiger partial charge in [0.15, 0.2) is 0 Å². The number of ether oxygens (including phenoxy) is 1. The van der Waals surface area contributed by atoms with Gasteiger partial charge in [-0.05, 0) is 49.4 Å². The van der Waals surface area contributed by atoms with Crippen molar-refractivity contribution in [2.75, 3.05) is 13.2 Å². The maximum absolute atomic E-state index is 6.43. The first-order valence-corrected chi connectivity index (χ1v) is 9.02. The molecule has 0 amide bonds. The van der Waals surface area contributed by atoms with Crippen LogP contribution in [0.5, 0.6) is 0 Å². The Morgan fingerprint density at radius 3 is 2.10 bits per heavy atom. The average molecular weight is 298 g/mol. The second-order valence-electron chi connectivity index (χ2n) is 8.89. The molecule has 1 aliphatic rings. The molecule has 0 heterocycles. The van der Waals surface area contributed by atoms with Crippen molar-refractivity contribution in [3.63, 3.8) is 0 Å². The van der Waals surface area contributed by atoms with Gasteiger partial charge in [0.25, 0.3) is 0 Å². The molecule has 0 unspecified atom stereocenters. The molecule has 0 aromatic rings. The summed E-state index contributed by atoms with van der Waals surface area (Å²) < 4.78 is 6.43. The van der Waals surface area contributed by atoms with Gasteiger partial charge in [-0.3, -0.25) is 0 Å². The molecule has 1 rings (SSSR count). The van der Waals surface area contributed by atoms with E-state index in [1.165, 1.54) is 32.1 Å². The summed E-state index contributed by atoms with van der Waals surface area (Å²) in [5.41, 5.74) is 0.524. The third-order valence-corrected chi connectivity index (χ3v) is 5.06. The molecule has 1 N–H and O–H groups in total. The normalized spacial score (nSPS) is 27.6. The third-order valence-electron chi connectivity index (χ3n) is 5.06. The lowest BCUT2D eigenvalue weighted by atomic mass is 9.68. The molecule has 0 spiro atoms. The first kappa shape index (κ1) is 19.0. The van der Waals surface area contributed by atoms with Crippen LogP contribution in [0.3, 0.4) is 0 Å². The molecular formula is C19H39NO. The lowest BCUT2D eigenvalue weighted by molar-refractivity contribution is -0.0879. The largest absolute Gasteiger partial charge is 0.374 e. The van der Waals surface area contributed by atoms with Gasteiger partial charge in [0.1, 0.15) is 0 Å². The molecule has 0 bridgehead atoms. The zero-order chi connectivity index (χ0) is 16.1. The minimum Gasteiger partial charge on any atom is -0.374 e. The minimum atomic E-state index is 0.0842. The Hall–Kier alpha value is -0.0800. The molecule has 0 atom stereocenters. The number of hydrogen-bond acceptors (Lipinski definition) is 2. The first-order valence-electron chi connectivity index (χ1n) is 9.02.